The topological polar surface area (TPSA) is 37.3 Å². The van der Waals surface area contributed by atoms with Gasteiger partial charge >= 0.3 is 0 Å². The van der Waals surface area contributed by atoms with Crippen molar-refractivity contribution in [3.8, 4) is 0 Å². The van der Waals surface area contributed by atoms with Gasteiger partial charge in [0.2, 0.25) is 0 Å². The fourth-order valence-corrected chi connectivity index (χ4v) is 1.78. The Bertz CT molecular complexity index is 390. The van der Waals surface area contributed by atoms with Crippen LogP contribution in [0.5, 0.6) is 0 Å². The standard InChI is InChI=1S/C12H12O2/c1-8-7-10(13)11(12(8)14)9-5-3-2-4-6-9/h2-6,8,14H,7H2,1H3. The van der Waals surface area contributed by atoms with Crippen molar-refractivity contribution < 1.29 is 9.90 Å². The van der Waals surface area contributed by atoms with E-state index < -0.39 is 0 Å². The zero-order valence-electron chi connectivity index (χ0n) is 8.03. The summed E-state index contributed by atoms with van der Waals surface area (Å²) in [5.41, 5.74) is 1.32. The highest BCUT2D eigenvalue weighted by Crippen LogP contribution is 2.33. The Labute approximate surface area is 82.9 Å². The Morgan fingerprint density at radius 3 is 2.43 bits per heavy atom. The van der Waals surface area contributed by atoms with E-state index in [0.717, 1.165) is 5.56 Å². The van der Waals surface area contributed by atoms with Crippen molar-refractivity contribution >= 4 is 11.4 Å². The summed E-state index contributed by atoms with van der Waals surface area (Å²) in [6, 6.07) is 9.32. The minimum absolute atomic E-state index is 0.0299. The van der Waals surface area contributed by atoms with Crippen LogP contribution in [0.15, 0.2) is 36.1 Å². The van der Waals surface area contributed by atoms with E-state index in [1.54, 1.807) is 0 Å². The quantitative estimate of drug-likeness (QED) is 0.735. The average Bonchev–Trinajstić information content (AvgIpc) is 2.43. The monoisotopic (exact) mass is 188 g/mol. The fraction of sp³-hybridized carbons (Fsp3) is 0.250. The van der Waals surface area contributed by atoms with Crippen LogP contribution in [-0.4, -0.2) is 10.9 Å². The molecule has 1 aromatic rings. The van der Waals surface area contributed by atoms with Crippen LogP contribution in [-0.2, 0) is 4.79 Å². The molecule has 0 fully saturated rings. The number of allylic oxidation sites excluding steroid dienone is 2. The lowest BCUT2D eigenvalue weighted by Gasteiger charge is -2.02. The summed E-state index contributed by atoms with van der Waals surface area (Å²) < 4.78 is 0. The minimum Gasteiger partial charge on any atom is -0.511 e. The van der Waals surface area contributed by atoms with Crippen molar-refractivity contribution in [2.45, 2.75) is 13.3 Å². The molecule has 1 N–H and O–H groups in total. The molecule has 72 valence electrons. The third-order valence-corrected chi connectivity index (χ3v) is 2.56. The van der Waals surface area contributed by atoms with Crippen molar-refractivity contribution in [3.63, 3.8) is 0 Å². The molecule has 2 nitrogen and oxygen atoms in total. The predicted molar refractivity (Wildman–Crippen MR) is 54.8 cm³/mol. The second-order valence-corrected chi connectivity index (χ2v) is 3.65. The molecule has 1 aromatic carbocycles. The second kappa shape index (κ2) is 3.29. The van der Waals surface area contributed by atoms with Crippen molar-refractivity contribution in [2.75, 3.05) is 0 Å². The predicted octanol–water partition coefficient (Wildman–Crippen LogP) is 2.56. The summed E-state index contributed by atoms with van der Waals surface area (Å²) in [4.78, 5) is 11.6. The van der Waals surface area contributed by atoms with Gasteiger partial charge in [-0.15, -0.1) is 0 Å². The lowest BCUT2D eigenvalue weighted by Crippen LogP contribution is -1.95. The maximum absolute atomic E-state index is 11.6. The largest absolute Gasteiger partial charge is 0.511 e. The summed E-state index contributed by atoms with van der Waals surface area (Å²) in [5.74, 6) is 0.250. The first kappa shape index (κ1) is 9.00. The van der Waals surface area contributed by atoms with Gasteiger partial charge in [-0.2, -0.15) is 0 Å². The second-order valence-electron chi connectivity index (χ2n) is 3.65. The average molecular weight is 188 g/mol. The van der Waals surface area contributed by atoms with Crippen molar-refractivity contribution in [1.29, 1.82) is 0 Å². The molecule has 0 bridgehead atoms. The minimum atomic E-state index is -0.0299. The summed E-state index contributed by atoms with van der Waals surface area (Å²) in [7, 11) is 0. The SMILES string of the molecule is CC1CC(=O)C(c2ccccc2)=C1O. The molecule has 1 atom stereocenters. The van der Waals surface area contributed by atoms with E-state index in [2.05, 4.69) is 0 Å². The zero-order chi connectivity index (χ0) is 10.1. The van der Waals surface area contributed by atoms with Crippen LogP contribution in [0, 0.1) is 5.92 Å². The smallest absolute Gasteiger partial charge is 0.167 e. The number of hydrogen-bond donors (Lipinski definition) is 1. The molecule has 0 aromatic heterocycles. The number of carbonyl (C=O) groups excluding carboxylic acids is 1. The van der Waals surface area contributed by atoms with Gasteiger partial charge in [0.1, 0.15) is 5.76 Å². The number of rotatable bonds is 1. The molecule has 14 heavy (non-hydrogen) atoms. The number of carbonyl (C=O) groups is 1. The molecule has 0 spiro atoms. The maximum atomic E-state index is 11.6. The first-order valence-corrected chi connectivity index (χ1v) is 4.72. The van der Waals surface area contributed by atoms with E-state index in [9.17, 15) is 9.90 Å². The van der Waals surface area contributed by atoms with Crippen molar-refractivity contribution in [3.05, 3.63) is 41.7 Å². The molecule has 0 saturated carbocycles. The van der Waals surface area contributed by atoms with E-state index in [1.807, 2.05) is 37.3 Å². The van der Waals surface area contributed by atoms with Gasteiger partial charge in [-0.3, -0.25) is 4.79 Å². The van der Waals surface area contributed by atoms with Gasteiger partial charge < -0.3 is 5.11 Å². The Balaban J connectivity index is 2.49. The molecular weight excluding hydrogens is 176 g/mol. The molecule has 0 aliphatic heterocycles. The van der Waals surface area contributed by atoms with E-state index in [-0.39, 0.29) is 17.5 Å². The van der Waals surface area contributed by atoms with Crippen molar-refractivity contribution in [2.24, 2.45) is 5.92 Å². The number of aliphatic hydroxyl groups excluding tert-OH is 1. The Morgan fingerprint density at radius 2 is 1.93 bits per heavy atom. The number of Topliss-reactive ketones (excluding diaryl/α,β-unsaturated/α-hetero) is 1. The number of benzene rings is 1. The van der Waals surface area contributed by atoms with Crippen LogP contribution in [0.25, 0.3) is 5.57 Å². The first-order chi connectivity index (χ1) is 6.70. The van der Waals surface area contributed by atoms with Crippen LogP contribution in [0.1, 0.15) is 18.9 Å². The van der Waals surface area contributed by atoms with E-state index in [1.165, 1.54) is 0 Å². The molecule has 1 aliphatic carbocycles. The summed E-state index contributed by atoms with van der Waals surface area (Å²) in [6.45, 7) is 1.86. The number of hydrogen-bond acceptors (Lipinski definition) is 2. The van der Waals surface area contributed by atoms with Crippen LogP contribution in [0.4, 0.5) is 0 Å². The molecule has 2 heteroatoms. The summed E-state index contributed by atoms with van der Waals surface area (Å²) >= 11 is 0. The number of aliphatic hydroxyl groups is 1. The van der Waals surface area contributed by atoms with Gasteiger partial charge in [-0.1, -0.05) is 37.3 Å². The lowest BCUT2D eigenvalue weighted by atomic mass is 10.0. The van der Waals surface area contributed by atoms with E-state index in [4.69, 9.17) is 0 Å². The van der Waals surface area contributed by atoms with Crippen LogP contribution >= 0.6 is 0 Å². The van der Waals surface area contributed by atoms with E-state index in [0.29, 0.717) is 12.0 Å². The van der Waals surface area contributed by atoms with Crippen molar-refractivity contribution in [1.82, 2.24) is 0 Å². The van der Waals surface area contributed by atoms with Gasteiger partial charge in [0.05, 0.1) is 5.57 Å². The highest BCUT2D eigenvalue weighted by atomic mass is 16.3. The lowest BCUT2D eigenvalue weighted by molar-refractivity contribution is -0.113. The molecular formula is C12H12O2. The Morgan fingerprint density at radius 1 is 1.29 bits per heavy atom. The Kier molecular flexibility index (Phi) is 2.12. The van der Waals surface area contributed by atoms with E-state index >= 15 is 0 Å². The normalized spacial score (nSPS) is 21.8. The fourth-order valence-electron chi connectivity index (χ4n) is 1.78. The molecule has 2 rings (SSSR count). The van der Waals surface area contributed by atoms with Gasteiger partial charge in [0.25, 0.3) is 0 Å². The van der Waals surface area contributed by atoms with Crippen LogP contribution in [0.3, 0.4) is 0 Å². The molecule has 1 aliphatic rings. The Hall–Kier alpha value is -1.57. The molecule has 1 unspecified atom stereocenters. The summed E-state index contributed by atoms with van der Waals surface area (Å²) in [5, 5.41) is 9.74. The summed E-state index contributed by atoms with van der Waals surface area (Å²) in [6.07, 6.45) is 0.427. The van der Waals surface area contributed by atoms with Gasteiger partial charge in [-0.05, 0) is 5.56 Å². The number of ketones is 1. The molecule has 0 heterocycles. The third-order valence-electron chi connectivity index (χ3n) is 2.56. The molecule has 0 amide bonds. The van der Waals surface area contributed by atoms with Gasteiger partial charge in [0, 0.05) is 12.3 Å². The highest BCUT2D eigenvalue weighted by molar-refractivity contribution is 6.23. The van der Waals surface area contributed by atoms with Crippen LogP contribution < -0.4 is 0 Å². The van der Waals surface area contributed by atoms with Gasteiger partial charge in [0.15, 0.2) is 5.78 Å². The maximum Gasteiger partial charge on any atom is 0.167 e. The molecule has 0 saturated heterocycles. The van der Waals surface area contributed by atoms with Crippen LogP contribution in [0.2, 0.25) is 0 Å². The first-order valence-electron chi connectivity index (χ1n) is 4.72. The third kappa shape index (κ3) is 1.33. The highest BCUT2D eigenvalue weighted by Gasteiger charge is 2.29. The molecule has 0 radical (unpaired) electrons. The van der Waals surface area contributed by atoms with Gasteiger partial charge in [-0.25, -0.2) is 0 Å². The zero-order valence-corrected chi connectivity index (χ0v) is 8.03.